The molecule has 4 N–H and O–H groups in total. The molecule has 0 saturated carbocycles. The fraction of sp³-hybridized carbons (Fsp3) is 0.500. The van der Waals surface area contributed by atoms with Gasteiger partial charge in [0.25, 0.3) is 0 Å². The number of carboxylic acids is 1. The summed E-state index contributed by atoms with van der Waals surface area (Å²) in [6, 6.07) is 0. The van der Waals surface area contributed by atoms with E-state index in [0.717, 1.165) is 6.92 Å². The van der Waals surface area contributed by atoms with Gasteiger partial charge in [-0.3, -0.25) is 0 Å². The summed E-state index contributed by atoms with van der Waals surface area (Å²) in [6.45, 7) is 0.972. The summed E-state index contributed by atoms with van der Waals surface area (Å²) in [4.78, 5) is 8.89. The number of halogens is 1. The third-order valence-corrected chi connectivity index (χ3v) is 0. The SMILES string of the molecule is CC(=O)[O-].Cl.[NH4+]. The lowest BCUT2D eigenvalue weighted by atomic mass is 10.9. The summed E-state index contributed by atoms with van der Waals surface area (Å²) < 4.78 is 0. The lowest BCUT2D eigenvalue weighted by Crippen LogP contribution is -2.16. The van der Waals surface area contributed by atoms with Crippen molar-refractivity contribution in [2.75, 3.05) is 0 Å². The zero-order chi connectivity index (χ0) is 3.58. The Hall–Kier alpha value is -0.280. The Balaban J connectivity index is -0.0000000450. The van der Waals surface area contributed by atoms with Crippen LogP contribution in [0.4, 0.5) is 0 Å². The van der Waals surface area contributed by atoms with Crippen LogP contribution in [0.2, 0.25) is 0 Å². The summed E-state index contributed by atoms with van der Waals surface area (Å²) in [7, 11) is 0. The molecule has 0 amide bonds. The minimum atomic E-state index is -1.08. The Morgan fingerprint density at radius 1 is 1.67 bits per heavy atom. The molecule has 0 radical (unpaired) electrons. The van der Waals surface area contributed by atoms with Crippen molar-refractivity contribution in [1.82, 2.24) is 6.15 Å². The van der Waals surface area contributed by atoms with Crippen LogP contribution in [0.15, 0.2) is 0 Å². The van der Waals surface area contributed by atoms with Gasteiger partial charge in [0.15, 0.2) is 0 Å². The van der Waals surface area contributed by atoms with Gasteiger partial charge in [0.05, 0.1) is 0 Å². The van der Waals surface area contributed by atoms with Crippen molar-refractivity contribution in [2.45, 2.75) is 6.92 Å². The first-order valence-corrected chi connectivity index (χ1v) is 0.908. The molecule has 0 spiro atoms. The van der Waals surface area contributed by atoms with E-state index < -0.39 is 5.97 Å². The summed E-state index contributed by atoms with van der Waals surface area (Å²) in [5, 5.41) is 8.89. The quantitative estimate of drug-likeness (QED) is 0.462. The van der Waals surface area contributed by atoms with Gasteiger partial charge in [-0.05, 0) is 6.92 Å². The summed E-state index contributed by atoms with van der Waals surface area (Å²) >= 11 is 0. The largest absolute Gasteiger partial charge is 0.550 e. The van der Waals surface area contributed by atoms with Crippen molar-refractivity contribution < 1.29 is 9.90 Å². The zero-order valence-corrected chi connectivity index (χ0v) is 4.54. The first-order valence-electron chi connectivity index (χ1n) is 0.908. The molecule has 0 aromatic heterocycles. The molecule has 0 unspecified atom stereocenters. The number of rotatable bonds is 0. The Bertz CT molecular complexity index is 34.5. The average molecular weight is 114 g/mol. The van der Waals surface area contributed by atoms with E-state index in [4.69, 9.17) is 9.90 Å². The molecule has 0 aliphatic heterocycles. The van der Waals surface area contributed by atoms with Crippen molar-refractivity contribution in [3.63, 3.8) is 0 Å². The maximum atomic E-state index is 8.89. The number of hydrogen-bond acceptors (Lipinski definition) is 2. The molecule has 0 aliphatic carbocycles. The predicted octanol–water partition coefficient (Wildman–Crippen LogP) is -0.446. The molecule has 0 bridgehead atoms. The van der Waals surface area contributed by atoms with Gasteiger partial charge in [-0.25, -0.2) is 0 Å². The molecule has 0 aromatic carbocycles. The third-order valence-electron chi connectivity index (χ3n) is 0. The van der Waals surface area contributed by atoms with Gasteiger partial charge in [0.2, 0.25) is 0 Å². The van der Waals surface area contributed by atoms with Crippen LogP contribution in [0.25, 0.3) is 0 Å². The van der Waals surface area contributed by atoms with Gasteiger partial charge in [0.1, 0.15) is 0 Å². The van der Waals surface area contributed by atoms with Crippen LogP contribution >= 0.6 is 12.4 Å². The van der Waals surface area contributed by atoms with Crippen molar-refractivity contribution in [1.29, 1.82) is 0 Å². The van der Waals surface area contributed by atoms with Crippen LogP contribution in [-0.4, -0.2) is 5.97 Å². The Kier molecular flexibility index (Phi) is 25.3. The standard InChI is InChI=1S/C2H4O2.ClH.H3N/c1-2(3)4;;/h1H3,(H,3,4);1H;1H3. The molecule has 0 atom stereocenters. The molecule has 0 heterocycles. The van der Waals surface area contributed by atoms with Gasteiger partial charge in [-0.1, -0.05) is 0 Å². The van der Waals surface area contributed by atoms with Crippen LogP contribution in [0.1, 0.15) is 6.92 Å². The average Bonchev–Trinajstić information content (AvgIpc) is 0.811. The van der Waals surface area contributed by atoms with Gasteiger partial charge < -0.3 is 16.1 Å². The minimum Gasteiger partial charge on any atom is -0.550 e. The summed E-state index contributed by atoms with van der Waals surface area (Å²) in [5.41, 5.74) is 0. The summed E-state index contributed by atoms with van der Waals surface area (Å²) in [5.74, 6) is -1.08. The number of hydrogen-bond donors (Lipinski definition) is 1. The zero-order valence-electron chi connectivity index (χ0n) is 3.72. The minimum absolute atomic E-state index is 0. The van der Waals surface area contributed by atoms with Crippen molar-refractivity contribution in [3.8, 4) is 0 Å². The highest BCUT2D eigenvalue weighted by Crippen LogP contribution is 1.31. The topological polar surface area (TPSA) is 76.6 Å². The Labute approximate surface area is 42.3 Å². The predicted molar refractivity (Wildman–Crippen MR) is 23.9 cm³/mol. The fourth-order valence-electron chi connectivity index (χ4n) is 0. The number of quaternary nitrogens is 1. The van der Waals surface area contributed by atoms with Gasteiger partial charge in [0, 0.05) is 5.97 Å². The smallest absolute Gasteiger partial charge is 0.0383 e. The first-order chi connectivity index (χ1) is 1.73. The van der Waals surface area contributed by atoms with Crippen molar-refractivity contribution in [3.05, 3.63) is 0 Å². The van der Waals surface area contributed by atoms with E-state index in [0.29, 0.717) is 0 Å². The van der Waals surface area contributed by atoms with E-state index in [9.17, 15) is 0 Å². The Morgan fingerprint density at radius 3 is 1.67 bits per heavy atom. The van der Waals surface area contributed by atoms with E-state index in [1.807, 2.05) is 0 Å². The molecule has 40 valence electrons. The lowest BCUT2D eigenvalue weighted by molar-refractivity contribution is -0.302. The first kappa shape index (κ1) is 17.2. The molecule has 0 saturated heterocycles. The van der Waals surface area contributed by atoms with Crippen LogP contribution in [0, 0.1) is 0 Å². The lowest BCUT2D eigenvalue weighted by Gasteiger charge is -1.77. The second-order valence-electron chi connectivity index (χ2n) is 0.492. The highest BCUT2D eigenvalue weighted by molar-refractivity contribution is 5.85. The molecule has 6 heavy (non-hydrogen) atoms. The highest BCUT2D eigenvalue weighted by atomic mass is 35.5. The van der Waals surface area contributed by atoms with E-state index in [1.165, 1.54) is 0 Å². The highest BCUT2D eigenvalue weighted by Gasteiger charge is 1.46. The number of carbonyl (C=O) groups is 1. The van der Waals surface area contributed by atoms with Crippen LogP contribution in [0.3, 0.4) is 0 Å². The van der Waals surface area contributed by atoms with Crippen LogP contribution < -0.4 is 11.3 Å². The van der Waals surface area contributed by atoms with E-state index >= 15 is 0 Å². The maximum absolute atomic E-state index is 8.89. The molecule has 0 fully saturated rings. The summed E-state index contributed by atoms with van der Waals surface area (Å²) in [6.07, 6.45) is 0. The monoisotopic (exact) mass is 113 g/mol. The number of aliphatic carboxylic acids is 1. The Morgan fingerprint density at radius 2 is 1.67 bits per heavy atom. The van der Waals surface area contributed by atoms with Crippen molar-refractivity contribution in [2.24, 2.45) is 0 Å². The fourth-order valence-corrected chi connectivity index (χ4v) is 0. The molecule has 0 rings (SSSR count). The maximum Gasteiger partial charge on any atom is 0.0383 e. The second-order valence-corrected chi connectivity index (χ2v) is 0.492. The van der Waals surface area contributed by atoms with Gasteiger partial charge in [-0.2, -0.15) is 0 Å². The normalized spacial score (nSPS) is 4.17. The van der Waals surface area contributed by atoms with Crippen LogP contribution in [-0.2, 0) is 4.79 Å². The van der Waals surface area contributed by atoms with E-state index in [-0.39, 0.29) is 18.6 Å². The molecule has 0 aliphatic rings. The van der Waals surface area contributed by atoms with Crippen molar-refractivity contribution >= 4 is 18.4 Å². The van der Waals surface area contributed by atoms with E-state index in [1.54, 1.807) is 0 Å². The molecular weight excluding hydrogens is 105 g/mol. The van der Waals surface area contributed by atoms with Crippen LogP contribution in [0.5, 0.6) is 0 Å². The molecule has 4 heteroatoms. The number of carbonyl (C=O) groups excluding carboxylic acids is 1. The number of carboxylic acid groups (broad SMARTS) is 1. The second kappa shape index (κ2) is 8.83. The van der Waals surface area contributed by atoms with Gasteiger partial charge in [-0.15, -0.1) is 12.4 Å². The third kappa shape index (κ3) is 351. The molecular formula is C2H8ClNO2. The van der Waals surface area contributed by atoms with E-state index in [2.05, 4.69) is 0 Å². The molecule has 0 aromatic rings. The molecule has 3 nitrogen and oxygen atoms in total. The van der Waals surface area contributed by atoms with Gasteiger partial charge >= 0.3 is 0 Å².